The number of likely N-dealkylation sites (tertiary alicyclic amines) is 1. The number of amides is 4. The zero-order valence-electron chi connectivity index (χ0n) is 40.9. The van der Waals surface area contributed by atoms with Gasteiger partial charge in [-0.25, -0.2) is 4.79 Å². The second kappa shape index (κ2) is 24.4. The SMILES string of the molecule is CCN(CC)CCNC(=O)c1c(C)[nH]c(/C=C2\C(=O)Nc3ccc(CC(=O)CCC(=O)OCCN(Cc4cccc(OC)c4)C(=O)Nc4ccc(-c5cn[nH]c5)cc4OCCN4CCCC4)cc32)c1C. The van der Waals surface area contributed by atoms with E-state index in [1.54, 1.807) is 54.7 Å². The van der Waals surface area contributed by atoms with Gasteiger partial charge in [0.2, 0.25) is 0 Å². The maximum Gasteiger partial charge on any atom is 0.322 e. The Hall–Kier alpha value is -7.24. The van der Waals surface area contributed by atoms with Gasteiger partial charge in [-0.2, -0.15) is 5.10 Å². The summed E-state index contributed by atoms with van der Waals surface area (Å²) in [7, 11) is 1.58. The molecule has 70 heavy (non-hydrogen) atoms. The fourth-order valence-corrected chi connectivity index (χ4v) is 8.81. The lowest BCUT2D eigenvalue weighted by molar-refractivity contribution is -0.145. The van der Waals surface area contributed by atoms with Crippen LogP contribution in [0.5, 0.6) is 11.5 Å². The summed E-state index contributed by atoms with van der Waals surface area (Å²) in [5.74, 6) is -0.0559. The Balaban J connectivity index is 0.949. The molecule has 1 fully saturated rings. The Morgan fingerprint density at radius 3 is 2.49 bits per heavy atom. The lowest BCUT2D eigenvalue weighted by Gasteiger charge is -2.24. The zero-order valence-corrected chi connectivity index (χ0v) is 40.9. The van der Waals surface area contributed by atoms with Crippen LogP contribution in [0.25, 0.3) is 22.8 Å². The number of fused-ring (bicyclic) bond motifs is 1. The van der Waals surface area contributed by atoms with Gasteiger partial charge in [-0.15, -0.1) is 0 Å². The molecule has 17 heteroatoms. The van der Waals surface area contributed by atoms with Gasteiger partial charge in [-0.3, -0.25) is 29.2 Å². The minimum absolute atomic E-state index is 0.0436. The molecule has 2 aromatic heterocycles. The summed E-state index contributed by atoms with van der Waals surface area (Å²) in [6.45, 7) is 14.4. The summed E-state index contributed by atoms with van der Waals surface area (Å²) in [5.41, 5.74) is 8.02. The number of aromatic amines is 2. The highest BCUT2D eigenvalue weighted by Gasteiger charge is 2.27. The van der Waals surface area contributed by atoms with Crippen molar-refractivity contribution >= 4 is 52.6 Å². The van der Waals surface area contributed by atoms with Crippen LogP contribution in [-0.2, 0) is 32.1 Å². The standard InChI is InChI=1S/C53H65N9O8/c1-6-60(7-2)22-19-54-52(66)50-35(3)47(57-36(50)4)31-44-43-29-37(13-16-45(43)58-51(44)65)27-41(63)15-18-49(64)70-26-24-62(34-38-11-10-12-42(28-38)68-5)53(67)59-46-17-14-39(40-32-55-56-33-40)30-48(46)69-25-23-61-20-8-9-21-61/h10-14,16-17,28-33,57H,6-9,15,18-27,34H2,1-5H3,(H,54,66)(H,55,56)(H,58,65)(H,59,67)/b44-31-. The number of nitrogens with one attached hydrogen (secondary N) is 5. The molecule has 0 bridgehead atoms. The molecule has 0 spiro atoms. The van der Waals surface area contributed by atoms with E-state index in [1.165, 1.54) is 12.8 Å². The highest BCUT2D eigenvalue weighted by Crippen LogP contribution is 2.35. The Labute approximate surface area is 409 Å². The van der Waals surface area contributed by atoms with Crippen LogP contribution >= 0.6 is 0 Å². The number of ketones is 1. The maximum absolute atomic E-state index is 14.1. The van der Waals surface area contributed by atoms with Crippen LogP contribution in [0.3, 0.4) is 0 Å². The predicted octanol–water partition coefficient (Wildman–Crippen LogP) is 7.24. The van der Waals surface area contributed by atoms with E-state index in [1.807, 2.05) is 50.2 Å². The van der Waals surface area contributed by atoms with Gasteiger partial charge in [0.15, 0.2) is 0 Å². The first-order valence-electron chi connectivity index (χ1n) is 24.1. The summed E-state index contributed by atoms with van der Waals surface area (Å²) in [6, 6.07) is 17.9. The minimum Gasteiger partial charge on any atom is -0.497 e. The van der Waals surface area contributed by atoms with Gasteiger partial charge in [-0.1, -0.05) is 38.1 Å². The number of aryl methyl sites for hydroxylation is 1. The van der Waals surface area contributed by atoms with E-state index in [0.29, 0.717) is 69.7 Å². The van der Waals surface area contributed by atoms with E-state index >= 15 is 0 Å². The van der Waals surface area contributed by atoms with Gasteiger partial charge >= 0.3 is 12.0 Å². The number of rotatable bonds is 24. The predicted molar refractivity (Wildman–Crippen MR) is 270 cm³/mol. The number of ether oxygens (including phenoxy) is 3. The normalized spacial score (nSPS) is 13.9. The van der Waals surface area contributed by atoms with Gasteiger partial charge in [-0.05, 0) is 118 Å². The molecule has 5 aromatic rings. The first-order chi connectivity index (χ1) is 33.9. The number of nitrogens with zero attached hydrogens (tertiary/aromatic N) is 4. The first-order valence-corrected chi connectivity index (χ1v) is 24.1. The van der Waals surface area contributed by atoms with E-state index < -0.39 is 12.0 Å². The molecule has 0 saturated carbocycles. The highest BCUT2D eigenvalue weighted by molar-refractivity contribution is 6.35. The number of benzene rings is 3. The van der Waals surface area contributed by atoms with E-state index in [0.717, 1.165) is 61.5 Å². The maximum atomic E-state index is 14.1. The molecular weight excluding hydrogens is 891 g/mol. The van der Waals surface area contributed by atoms with Gasteiger partial charge in [0.05, 0.1) is 43.1 Å². The number of aromatic nitrogens is 3. The topological polar surface area (TPSA) is 203 Å². The third kappa shape index (κ3) is 13.3. The molecule has 1 saturated heterocycles. The summed E-state index contributed by atoms with van der Waals surface area (Å²) in [5, 5.41) is 15.9. The average Bonchev–Trinajstić information content (AvgIpc) is 4.19. The van der Waals surface area contributed by atoms with E-state index in [2.05, 4.69) is 54.8 Å². The third-order valence-corrected chi connectivity index (χ3v) is 12.8. The third-order valence-electron chi connectivity index (χ3n) is 12.8. The lowest BCUT2D eigenvalue weighted by Crippen LogP contribution is -2.37. The van der Waals surface area contributed by atoms with Crippen LogP contribution in [0.1, 0.15) is 83.5 Å². The average molecular weight is 956 g/mol. The number of H-pyrrole nitrogens is 2. The fraction of sp³-hybridized carbons (Fsp3) is 0.396. The van der Waals surface area contributed by atoms with Crippen molar-refractivity contribution < 1.29 is 38.2 Å². The number of hydrogen-bond acceptors (Lipinski definition) is 11. The number of anilines is 2. The molecule has 4 amide bonds. The van der Waals surface area contributed by atoms with Crippen LogP contribution in [0.4, 0.5) is 16.2 Å². The smallest absolute Gasteiger partial charge is 0.322 e. The molecule has 17 nitrogen and oxygen atoms in total. The molecule has 0 unspecified atom stereocenters. The Bertz CT molecular complexity index is 2670. The lowest BCUT2D eigenvalue weighted by atomic mass is 9.98. The van der Waals surface area contributed by atoms with Crippen molar-refractivity contribution in [1.82, 2.24) is 35.2 Å². The van der Waals surface area contributed by atoms with E-state index in [9.17, 15) is 24.0 Å². The first kappa shape index (κ1) is 50.6. The van der Waals surface area contributed by atoms with Crippen molar-refractivity contribution in [3.8, 4) is 22.6 Å². The molecule has 2 aliphatic rings. The number of methoxy groups -OCH3 is 1. The van der Waals surface area contributed by atoms with Gasteiger partial charge in [0.25, 0.3) is 11.8 Å². The van der Waals surface area contributed by atoms with Crippen molar-refractivity contribution in [3.63, 3.8) is 0 Å². The number of likely N-dealkylation sites (N-methyl/N-ethyl adjacent to an activating group) is 1. The largest absolute Gasteiger partial charge is 0.497 e. The van der Waals surface area contributed by atoms with Gasteiger partial charge in [0, 0.05) is 73.4 Å². The molecule has 2 aliphatic heterocycles. The molecule has 5 N–H and O–H groups in total. The van der Waals surface area contributed by atoms with Crippen molar-refractivity contribution in [2.75, 3.05) is 83.3 Å². The van der Waals surface area contributed by atoms with Crippen LogP contribution in [0.15, 0.2) is 73.1 Å². The highest BCUT2D eigenvalue weighted by atomic mass is 16.5. The Morgan fingerprint density at radius 2 is 1.73 bits per heavy atom. The van der Waals surface area contributed by atoms with Crippen molar-refractivity contribution in [2.24, 2.45) is 0 Å². The van der Waals surface area contributed by atoms with Crippen LogP contribution in [0.2, 0.25) is 0 Å². The summed E-state index contributed by atoms with van der Waals surface area (Å²) in [6.07, 6.45) is 7.44. The monoisotopic (exact) mass is 955 g/mol. The number of carbonyl (C=O) groups is 5. The van der Waals surface area contributed by atoms with Crippen molar-refractivity contribution in [2.45, 2.75) is 66.3 Å². The molecule has 370 valence electrons. The number of Topliss-reactive ketones (excluding diaryl/α,β-unsaturated/α-hetero) is 1. The Kier molecular flexibility index (Phi) is 17.6. The Morgan fingerprint density at radius 1 is 0.914 bits per heavy atom. The molecular formula is C53H65N9O8. The molecule has 7 rings (SSSR count). The van der Waals surface area contributed by atoms with Gasteiger partial charge in [0.1, 0.15) is 30.5 Å². The fourth-order valence-electron chi connectivity index (χ4n) is 8.81. The molecule has 4 heterocycles. The molecule has 0 radical (unpaired) electrons. The second-order valence-corrected chi connectivity index (χ2v) is 17.6. The van der Waals surface area contributed by atoms with Crippen LogP contribution < -0.4 is 25.4 Å². The van der Waals surface area contributed by atoms with E-state index in [4.69, 9.17) is 14.2 Å². The van der Waals surface area contributed by atoms with Crippen LogP contribution in [-0.4, -0.2) is 132 Å². The van der Waals surface area contributed by atoms with Crippen molar-refractivity contribution in [3.05, 3.63) is 112 Å². The summed E-state index contributed by atoms with van der Waals surface area (Å²) >= 11 is 0. The minimum atomic E-state index is -0.568. The van der Waals surface area contributed by atoms with Gasteiger partial charge < -0.3 is 44.9 Å². The second-order valence-electron chi connectivity index (χ2n) is 17.6. The molecule has 0 atom stereocenters. The summed E-state index contributed by atoms with van der Waals surface area (Å²) in [4.78, 5) is 76.2. The van der Waals surface area contributed by atoms with Crippen molar-refractivity contribution in [1.29, 1.82) is 0 Å². The molecule has 3 aromatic carbocycles. The van der Waals surface area contributed by atoms with Crippen LogP contribution in [0, 0.1) is 13.8 Å². The summed E-state index contributed by atoms with van der Waals surface area (Å²) < 4.78 is 17.3. The number of carbonyl (C=O) groups excluding carboxylic acids is 5. The molecule has 0 aliphatic carbocycles. The quantitative estimate of drug-likeness (QED) is 0.0308. The van der Waals surface area contributed by atoms with E-state index in [-0.39, 0.29) is 56.6 Å². The zero-order chi connectivity index (χ0) is 49.6. The number of hydrogen-bond donors (Lipinski definition) is 5. The number of esters is 1. The number of urea groups is 1.